The highest BCUT2D eigenvalue weighted by molar-refractivity contribution is 5.80. The number of ether oxygens (including phenoxy) is 9. The molecule has 13 rings (SSSR count). The van der Waals surface area contributed by atoms with Gasteiger partial charge in [-0.1, -0.05) is 75.5 Å². The van der Waals surface area contributed by atoms with E-state index in [1.807, 2.05) is 24.3 Å². The number of rotatable bonds is 6. The monoisotopic (exact) mass is 935 g/mol. The molecular weight excluding hydrogens is 867 g/mol. The van der Waals surface area contributed by atoms with Gasteiger partial charge in [0.1, 0.15) is 42.9 Å². The van der Waals surface area contributed by atoms with Crippen molar-refractivity contribution in [3.05, 3.63) is 84.0 Å². The predicted molar refractivity (Wildman–Crippen MR) is 249 cm³/mol. The molecule has 366 valence electrons. The molecule has 13 nitrogen and oxygen atoms in total. The van der Waals surface area contributed by atoms with E-state index in [0.29, 0.717) is 32.1 Å². The summed E-state index contributed by atoms with van der Waals surface area (Å²) in [5.74, 6) is -0.668. The molecule has 13 heteroatoms. The zero-order valence-corrected chi connectivity index (χ0v) is 39.5. The van der Waals surface area contributed by atoms with Gasteiger partial charge >= 0.3 is 6.09 Å². The average molecular weight is 936 g/mol. The summed E-state index contributed by atoms with van der Waals surface area (Å²) in [5.41, 5.74) is 6.78. The van der Waals surface area contributed by atoms with Gasteiger partial charge < -0.3 is 53.1 Å². The Morgan fingerprint density at radius 3 is 2.26 bits per heavy atom. The number of hydrogen-bond donors (Lipinski definition) is 2. The molecule has 10 fully saturated rings. The van der Waals surface area contributed by atoms with Crippen LogP contribution in [0.5, 0.6) is 0 Å². The summed E-state index contributed by atoms with van der Waals surface area (Å²) < 4.78 is 60.4. The second kappa shape index (κ2) is 18.3. The van der Waals surface area contributed by atoms with Gasteiger partial charge in [0, 0.05) is 51.0 Å². The molecule has 0 saturated carbocycles. The number of benzene rings is 2. The topological polar surface area (TPSA) is 149 Å². The molecule has 0 radical (unpaired) electrons. The summed E-state index contributed by atoms with van der Waals surface area (Å²) in [5, 5.41) is 14.2. The molecule has 0 aromatic heterocycles. The van der Waals surface area contributed by atoms with Gasteiger partial charge in [-0.2, -0.15) is 0 Å². The van der Waals surface area contributed by atoms with Crippen molar-refractivity contribution in [1.82, 2.24) is 5.32 Å². The van der Waals surface area contributed by atoms with Crippen LogP contribution in [-0.2, 0) is 47.4 Å². The Morgan fingerprint density at radius 2 is 1.46 bits per heavy atom. The summed E-state index contributed by atoms with van der Waals surface area (Å²) >= 11 is 0. The second-order valence-corrected chi connectivity index (χ2v) is 22.1. The maximum atomic E-state index is 14.4. The molecule has 1 spiro atoms. The molecule has 68 heavy (non-hydrogen) atoms. The maximum absolute atomic E-state index is 14.4. The van der Waals surface area contributed by atoms with Crippen LogP contribution in [0, 0.1) is 17.8 Å². The van der Waals surface area contributed by atoms with Gasteiger partial charge in [0.05, 0.1) is 61.0 Å². The lowest BCUT2D eigenvalue weighted by atomic mass is 9.78. The fourth-order valence-corrected chi connectivity index (χ4v) is 14.1. The highest BCUT2D eigenvalue weighted by atomic mass is 16.8. The fourth-order valence-electron chi connectivity index (χ4n) is 14.1. The highest BCUT2D eigenvalue weighted by Gasteiger charge is 2.69. The van der Waals surface area contributed by atoms with Crippen LogP contribution in [-0.4, -0.2) is 127 Å². The van der Waals surface area contributed by atoms with Crippen LogP contribution in [0.3, 0.4) is 0 Å². The number of ketones is 1. The average Bonchev–Trinajstić information content (AvgIpc) is 4.07. The first-order valence-corrected chi connectivity index (χ1v) is 25.9. The van der Waals surface area contributed by atoms with Crippen molar-refractivity contribution in [1.29, 1.82) is 0 Å². The van der Waals surface area contributed by atoms with Gasteiger partial charge in [0.25, 0.3) is 0 Å². The van der Waals surface area contributed by atoms with Crippen LogP contribution in [0.25, 0.3) is 11.1 Å². The third-order valence-electron chi connectivity index (χ3n) is 17.7. The van der Waals surface area contributed by atoms with Crippen molar-refractivity contribution >= 4 is 11.9 Å². The van der Waals surface area contributed by atoms with Gasteiger partial charge in [-0.15, -0.1) is 0 Å². The molecule has 19 atom stereocenters. The van der Waals surface area contributed by atoms with Crippen molar-refractivity contribution in [2.24, 2.45) is 17.8 Å². The molecule has 1 unspecified atom stereocenters. The Kier molecular flexibility index (Phi) is 12.3. The first-order valence-electron chi connectivity index (χ1n) is 25.9. The number of aliphatic hydroxyl groups is 1. The van der Waals surface area contributed by atoms with E-state index in [0.717, 1.165) is 71.9 Å². The number of Topliss-reactive ketones (excluding diaryl/α,β-unsaturated/α-hetero) is 1. The predicted octanol–water partition coefficient (Wildman–Crippen LogP) is 7.64. The SMILES string of the molecule is C=C1C[C@@H]2CC[C@@]34C[C@H]5OC6[C@@H](O[C@H]7CC[C@H](CC(=O)C[C@@H]8[C@@H](C)[C@@H](C[C@H](O)CNC(=O)OCC9c%10ccccc%10-c%10ccccc%109)O[C@H]8C[C@H]8O[C@@H](CC[C@@H]1O2)C[C@@H](C)C8=C)O[C@@H]7[C@@H]6O3)[C@H]5O4. The molecule has 2 N–H and O–H groups in total. The lowest BCUT2D eigenvalue weighted by Crippen LogP contribution is -2.61. The fraction of sp³-hybridized carbons (Fsp3) is 0.673. The standard InChI is InChI=1S/C55H69NO12/c1-28-19-34-13-15-43-29(2)20-36(61-43)17-18-55-25-48-50(67-55)51-52(66-48)53(68-55)49-44(65-51)16-14-35(63-49)21-32(57)22-41-31(4)45(64-47(41)24-46(62-34)30(28)3)23-33(58)26-56-54(59)60-27-42-39-11-7-5-9-37(39)38-10-6-8-12-40(38)42/h5-12,28,31,33-36,41-53,58H,2-3,13-27H2,1,4H3,(H,56,59)/t28-,31-,33+,34+,35-,36+,41-,43+,44+,45-,46-,47+,48-,49+,50+,51+,52?,53+,55+/m1/s1. The van der Waals surface area contributed by atoms with Crippen LogP contribution in [0.15, 0.2) is 72.8 Å². The largest absolute Gasteiger partial charge is 0.449 e. The molecule has 11 aliphatic rings. The third-order valence-corrected chi connectivity index (χ3v) is 17.7. The van der Waals surface area contributed by atoms with Gasteiger partial charge in [0.2, 0.25) is 0 Å². The summed E-state index contributed by atoms with van der Waals surface area (Å²) in [6.45, 7) is 13.6. The molecule has 10 aliphatic heterocycles. The molecule has 10 heterocycles. The Hall–Kier alpha value is -3.50. The van der Waals surface area contributed by atoms with Gasteiger partial charge in [-0.25, -0.2) is 4.79 Å². The van der Waals surface area contributed by atoms with E-state index in [4.69, 9.17) is 42.6 Å². The minimum Gasteiger partial charge on any atom is -0.449 e. The lowest BCUT2D eigenvalue weighted by molar-refractivity contribution is -0.292. The van der Waals surface area contributed by atoms with E-state index < -0.39 is 18.0 Å². The van der Waals surface area contributed by atoms with Crippen molar-refractivity contribution in [3.8, 4) is 11.1 Å². The number of alkyl carbamates (subject to hydrolysis) is 1. The number of aliphatic hydroxyl groups excluding tert-OH is 1. The van der Waals surface area contributed by atoms with Crippen molar-refractivity contribution in [2.45, 2.75) is 201 Å². The van der Waals surface area contributed by atoms with E-state index in [1.165, 1.54) is 0 Å². The van der Waals surface area contributed by atoms with Crippen LogP contribution in [0.4, 0.5) is 4.79 Å². The summed E-state index contributed by atoms with van der Waals surface area (Å²) in [7, 11) is 0. The zero-order valence-electron chi connectivity index (χ0n) is 39.5. The van der Waals surface area contributed by atoms with E-state index in [-0.39, 0.29) is 141 Å². The molecule has 12 bridgehead atoms. The van der Waals surface area contributed by atoms with E-state index in [1.54, 1.807) is 0 Å². The summed E-state index contributed by atoms with van der Waals surface area (Å²) in [4.78, 5) is 27.5. The highest BCUT2D eigenvalue weighted by Crippen LogP contribution is 2.55. The van der Waals surface area contributed by atoms with Gasteiger partial charge in [-0.3, -0.25) is 4.79 Å². The van der Waals surface area contributed by atoms with Crippen LogP contribution in [0.1, 0.15) is 114 Å². The number of nitrogens with one attached hydrogen (secondary N) is 1. The smallest absolute Gasteiger partial charge is 0.407 e. The Bertz CT molecular complexity index is 2220. The quantitative estimate of drug-likeness (QED) is 0.274. The number of hydrogen-bond acceptors (Lipinski definition) is 12. The summed E-state index contributed by atoms with van der Waals surface area (Å²) in [6.07, 6.45) is 4.16. The second-order valence-electron chi connectivity index (χ2n) is 22.1. The maximum Gasteiger partial charge on any atom is 0.407 e. The first kappa shape index (κ1) is 45.6. The van der Waals surface area contributed by atoms with E-state index in [9.17, 15) is 14.7 Å². The Morgan fingerprint density at radius 1 is 0.750 bits per heavy atom. The van der Waals surface area contributed by atoms with Crippen LogP contribution in [0.2, 0.25) is 0 Å². The number of amides is 1. The van der Waals surface area contributed by atoms with E-state index in [2.05, 4.69) is 56.6 Å². The third kappa shape index (κ3) is 8.43. The normalized spacial score (nSPS) is 43.3. The van der Waals surface area contributed by atoms with E-state index >= 15 is 0 Å². The molecule has 2 aromatic carbocycles. The zero-order chi connectivity index (χ0) is 46.4. The minimum absolute atomic E-state index is 0.00787. The molecule has 2 aromatic rings. The first-order chi connectivity index (χ1) is 33.0. The van der Waals surface area contributed by atoms with Crippen molar-refractivity contribution in [3.63, 3.8) is 0 Å². The van der Waals surface area contributed by atoms with Crippen molar-refractivity contribution in [2.75, 3.05) is 13.2 Å². The van der Waals surface area contributed by atoms with Crippen LogP contribution >= 0.6 is 0 Å². The Labute approximate surface area is 399 Å². The number of carbonyl (C=O) groups excluding carboxylic acids is 2. The number of fused-ring (bicyclic) bond motifs is 9. The lowest BCUT2D eigenvalue weighted by Gasteiger charge is -2.47. The van der Waals surface area contributed by atoms with Gasteiger partial charge in [-0.05, 0) is 96.1 Å². The Balaban J connectivity index is 0.736. The summed E-state index contributed by atoms with van der Waals surface area (Å²) in [6, 6.07) is 16.5. The molecular formula is C55H69NO12. The molecule has 1 amide bonds. The van der Waals surface area contributed by atoms with Crippen LogP contribution < -0.4 is 5.32 Å². The minimum atomic E-state index is -0.895. The van der Waals surface area contributed by atoms with Gasteiger partial charge in [0.15, 0.2) is 5.79 Å². The molecule has 1 aliphatic carbocycles. The number of carbonyl (C=O) groups is 2. The van der Waals surface area contributed by atoms with Crippen molar-refractivity contribution < 1.29 is 57.3 Å². The molecule has 10 saturated heterocycles.